The maximum absolute atomic E-state index is 12.9. The van der Waals surface area contributed by atoms with Crippen LogP contribution in [0.25, 0.3) is 0 Å². The Kier molecular flexibility index (Phi) is 6.07. The summed E-state index contributed by atoms with van der Waals surface area (Å²) in [5.41, 5.74) is 5.84. The number of benzene rings is 3. The number of ketones is 1. The lowest BCUT2D eigenvalue weighted by Gasteiger charge is -2.21. The van der Waals surface area contributed by atoms with E-state index < -0.39 is 4.92 Å². The number of hydrogen-bond donors (Lipinski definition) is 1. The molecule has 1 atom stereocenters. The normalized spacial score (nSPS) is 11.7. The molecular weight excluding hydrogens is 364 g/mol. The van der Waals surface area contributed by atoms with Gasteiger partial charge >= 0.3 is 0 Å². The van der Waals surface area contributed by atoms with Crippen LogP contribution in [0.1, 0.15) is 45.1 Å². The summed E-state index contributed by atoms with van der Waals surface area (Å²) >= 11 is 0. The number of anilines is 1. The van der Waals surface area contributed by atoms with Crippen LogP contribution < -0.4 is 5.32 Å². The number of Topliss-reactive ketones (excluding diaryl/α,β-unsaturated/α-hetero) is 1. The Morgan fingerprint density at radius 3 is 2.31 bits per heavy atom. The van der Waals surface area contributed by atoms with Crippen LogP contribution in [0.5, 0.6) is 0 Å². The number of carbonyl (C=O) groups excluding carboxylic acids is 1. The van der Waals surface area contributed by atoms with E-state index >= 15 is 0 Å². The number of nitro benzene ring substituents is 1. The highest BCUT2D eigenvalue weighted by Crippen LogP contribution is 2.27. The van der Waals surface area contributed by atoms with Crippen LogP contribution in [0.15, 0.2) is 66.7 Å². The fourth-order valence-corrected chi connectivity index (χ4v) is 3.24. The SMILES string of the molecule is Cc1cccc(C(=O)CC(Nc2ccc([N+](=O)[O-])cc2)c2ccc(C)c(C)c2)c1. The number of carbonyl (C=O) groups is 1. The van der Waals surface area contributed by atoms with Gasteiger partial charge in [0.2, 0.25) is 0 Å². The number of non-ortho nitro benzene ring substituents is 1. The third kappa shape index (κ3) is 5.08. The molecular formula is C24H24N2O3. The molecule has 0 saturated carbocycles. The Morgan fingerprint density at radius 2 is 1.69 bits per heavy atom. The molecule has 0 amide bonds. The minimum absolute atomic E-state index is 0.0362. The third-order valence-electron chi connectivity index (χ3n) is 5.08. The van der Waals surface area contributed by atoms with E-state index in [2.05, 4.69) is 18.3 Å². The van der Waals surface area contributed by atoms with Gasteiger partial charge in [-0.2, -0.15) is 0 Å². The van der Waals surface area contributed by atoms with E-state index in [1.165, 1.54) is 17.7 Å². The second kappa shape index (κ2) is 8.69. The summed E-state index contributed by atoms with van der Waals surface area (Å²) in [7, 11) is 0. The van der Waals surface area contributed by atoms with Gasteiger partial charge < -0.3 is 5.32 Å². The summed E-state index contributed by atoms with van der Waals surface area (Å²) in [6.45, 7) is 6.06. The maximum Gasteiger partial charge on any atom is 0.269 e. The zero-order chi connectivity index (χ0) is 21.0. The first-order chi connectivity index (χ1) is 13.8. The van der Waals surface area contributed by atoms with Crippen molar-refractivity contribution in [3.05, 3.63) is 105 Å². The zero-order valence-corrected chi connectivity index (χ0v) is 16.8. The van der Waals surface area contributed by atoms with E-state index in [0.717, 1.165) is 22.4 Å². The number of aryl methyl sites for hydroxylation is 3. The predicted molar refractivity (Wildman–Crippen MR) is 116 cm³/mol. The lowest BCUT2D eigenvalue weighted by molar-refractivity contribution is -0.384. The molecule has 1 N–H and O–H groups in total. The van der Waals surface area contributed by atoms with Crippen molar-refractivity contribution in [2.24, 2.45) is 0 Å². The molecule has 5 heteroatoms. The summed E-state index contributed by atoms with van der Waals surface area (Å²) in [5, 5.41) is 14.3. The van der Waals surface area contributed by atoms with Crippen molar-refractivity contribution in [3.8, 4) is 0 Å². The second-order valence-corrected chi connectivity index (χ2v) is 7.34. The molecule has 3 aromatic carbocycles. The minimum atomic E-state index is -0.425. The molecule has 0 heterocycles. The average molecular weight is 388 g/mol. The highest BCUT2D eigenvalue weighted by atomic mass is 16.6. The highest BCUT2D eigenvalue weighted by molar-refractivity contribution is 5.96. The Bertz CT molecular complexity index is 1040. The summed E-state index contributed by atoms with van der Waals surface area (Å²) in [6, 6.07) is 19.7. The molecule has 0 aliphatic carbocycles. The first-order valence-corrected chi connectivity index (χ1v) is 9.51. The van der Waals surface area contributed by atoms with Gasteiger partial charge in [-0.3, -0.25) is 14.9 Å². The van der Waals surface area contributed by atoms with Crippen molar-refractivity contribution in [3.63, 3.8) is 0 Å². The molecule has 0 aliphatic rings. The van der Waals surface area contributed by atoms with E-state index in [1.54, 1.807) is 12.1 Å². The molecule has 0 saturated heterocycles. The summed E-state index contributed by atoms with van der Waals surface area (Å²) < 4.78 is 0. The summed E-state index contributed by atoms with van der Waals surface area (Å²) in [6.07, 6.45) is 0.281. The van der Waals surface area contributed by atoms with Crippen LogP contribution in [-0.2, 0) is 0 Å². The van der Waals surface area contributed by atoms with Crippen molar-refractivity contribution < 1.29 is 9.72 Å². The average Bonchev–Trinajstić information content (AvgIpc) is 2.70. The summed E-state index contributed by atoms with van der Waals surface area (Å²) in [4.78, 5) is 23.4. The van der Waals surface area contributed by atoms with Gasteiger partial charge in [-0.05, 0) is 55.7 Å². The Hall–Kier alpha value is -3.47. The number of hydrogen-bond acceptors (Lipinski definition) is 4. The van der Waals surface area contributed by atoms with Crippen molar-refractivity contribution in [1.29, 1.82) is 0 Å². The standard InChI is InChI=1S/C24H24N2O3/c1-16-5-4-6-20(13-16)24(27)15-23(19-8-7-17(2)18(3)14-19)25-21-9-11-22(12-10-21)26(28)29/h4-14,23,25H,15H2,1-3H3. The van der Waals surface area contributed by atoms with E-state index in [0.29, 0.717) is 5.56 Å². The third-order valence-corrected chi connectivity index (χ3v) is 5.08. The van der Waals surface area contributed by atoms with Gasteiger partial charge in [0.1, 0.15) is 0 Å². The molecule has 148 valence electrons. The van der Waals surface area contributed by atoms with Gasteiger partial charge in [-0.25, -0.2) is 0 Å². The number of nitrogens with one attached hydrogen (secondary N) is 1. The predicted octanol–water partition coefficient (Wildman–Crippen LogP) is 5.95. The Balaban J connectivity index is 1.89. The molecule has 3 rings (SSSR count). The first-order valence-electron chi connectivity index (χ1n) is 9.51. The molecule has 0 fully saturated rings. The lowest BCUT2D eigenvalue weighted by Crippen LogP contribution is -2.16. The van der Waals surface area contributed by atoms with Gasteiger partial charge in [-0.15, -0.1) is 0 Å². The van der Waals surface area contributed by atoms with Crippen LogP contribution in [-0.4, -0.2) is 10.7 Å². The van der Waals surface area contributed by atoms with Crippen molar-refractivity contribution in [1.82, 2.24) is 0 Å². The van der Waals surface area contributed by atoms with Crippen LogP contribution >= 0.6 is 0 Å². The molecule has 3 aromatic rings. The van der Waals surface area contributed by atoms with E-state index in [9.17, 15) is 14.9 Å². The molecule has 29 heavy (non-hydrogen) atoms. The van der Waals surface area contributed by atoms with E-state index in [1.807, 2.05) is 50.2 Å². The smallest absolute Gasteiger partial charge is 0.269 e. The lowest BCUT2D eigenvalue weighted by atomic mass is 9.94. The molecule has 5 nitrogen and oxygen atoms in total. The molecule has 0 aliphatic heterocycles. The van der Waals surface area contributed by atoms with Crippen LogP contribution in [0.4, 0.5) is 11.4 Å². The minimum Gasteiger partial charge on any atom is -0.378 e. The van der Waals surface area contributed by atoms with Crippen molar-refractivity contribution in [2.45, 2.75) is 33.2 Å². The van der Waals surface area contributed by atoms with Crippen LogP contribution in [0.2, 0.25) is 0 Å². The summed E-state index contributed by atoms with van der Waals surface area (Å²) in [5.74, 6) is 0.0475. The van der Waals surface area contributed by atoms with Crippen molar-refractivity contribution >= 4 is 17.2 Å². The Morgan fingerprint density at radius 1 is 0.966 bits per heavy atom. The van der Waals surface area contributed by atoms with E-state index in [4.69, 9.17) is 0 Å². The molecule has 1 unspecified atom stereocenters. The van der Waals surface area contributed by atoms with Crippen molar-refractivity contribution in [2.75, 3.05) is 5.32 Å². The largest absolute Gasteiger partial charge is 0.378 e. The second-order valence-electron chi connectivity index (χ2n) is 7.34. The molecule has 0 spiro atoms. The highest BCUT2D eigenvalue weighted by Gasteiger charge is 2.18. The molecule has 0 aromatic heterocycles. The van der Waals surface area contributed by atoms with E-state index in [-0.39, 0.29) is 23.9 Å². The first kappa shape index (κ1) is 20.3. The quantitative estimate of drug-likeness (QED) is 0.308. The van der Waals surface area contributed by atoms with Gasteiger partial charge in [0.05, 0.1) is 11.0 Å². The number of rotatable bonds is 7. The zero-order valence-electron chi connectivity index (χ0n) is 16.8. The molecule has 0 bridgehead atoms. The fourth-order valence-electron chi connectivity index (χ4n) is 3.24. The van der Waals surface area contributed by atoms with Crippen LogP contribution in [0.3, 0.4) is 0 Å². The van der Waals surface area contributed by atoms with Gasteiger partial charge in [0.25, 0.3) is 5.69 Å². The maximum atomic E-state index is 12.9. The fraction of sp³-hybridized carbons (Fsp3) is 0.208. The number of nitrogens with zero attached hydrogens (tertiary/aromatic N) is 1. The van der Waals surface area contributed by atoms with Gasteiger partial charge in [-0.1, -0.05) is 42.0 Å². The Labute approximate surface area is 170 Å². The van der Waals surface area contributed by atoms with Gasteiger partial charge in [0, 0.05) is 29.8 Å². The monoisotopic (exact) mass is 388 g/mol. The van der Waals surface area contributed by atoms with Crippen LogP contribution in [0, 0.1) is 30.9 Å². The van der Waals surface area contributed by atoms with Gasteiger partial charge in [0.15, 0.2) is 5.78 Å². The number of nitro groups is 1. The molecule has 0 radical (unpaired) electrons. The topological polar surface area (TPSA) is 72.2 Å².